The van der Waals surface area contributed by atoms with E-state index in [0.717, 1.165) is 69.7 Å². The second-order valence-electron chi connectivity index (χ2n) is 21.3. The molecule has 13 nitrogen and oxygen atoms in total. The average Bonchev–Trinajstić information content (AvgIpc) is 2.46. The number of carboxylic acids is 1. The number of carboxylic acid groups (broad SMARTS) is 1. The minimum Gasteiger partial charge on any atom is -0.508 e. The SMILES string of the molecule is CCC(=O)O[C@]1(C(=O)SCF)[C@H](C)C[C@H]2[C@@H]3C[C@H](F)C4=CC(=O)C=C[C@]4(C)[C@@]3(F)[C@@H](O)C[C@@]21C.O=C(O)c1ccc2ccccc2c1O.OCc1cc(C(O)CNCCCCCCOCCCCc2ccccc2)ccc1O. The number of benzene rings is 4. The predicted molar refractivity (Wildman–Crippen MR) is 294 cm³/mol. The first kappa shape index (κ1) is 61.6. The van der Waals surface area contributed by atoms with Gasteiger partial charge in [-0.1, -0.05) is 106 Å². The van der Waals surface area contributed by atoms with E-state index in [-0.39, 0.29) is 54.9 Å². The van der Waals surface area contributed by atoms with Crippen molar-refractivity contribution in [2.45, 2.75) is 135 Å². The van der Waals surface area contributed by atoms with Crippen LogP contribution in [0.5, 0.6) is 11.5 Å². The summed E-state index contributed by atoms with van der Waals surface area (Å²) in [4.78, 5) is 48.5. The van der Waals surface area contributed by atoms with Crippen LogP contribution in [0, 0.1) is 28.6 Å². The van der Waals surface area contributed by atoms with Crippen LogP contribution in [0.2, 0.25) is 0 Å². The highest BCUT2D eigenvalue weighted by Gasteiger charge is 2.78. The molecule has 4 aromatic rings. The highest BCUT2D eigenvalue weighted by atomic mass is 32.2. The van der Waals surface area contributed by atoms with Gasteiger partial charge in [0.25, 0.3) is 0 Å². The van der Waals surface area contributed by atoms with Gasteiger partial charge in [-0.3, -0.25) is 14.4 Å². The third-order valence-corrected chi connectivity index (χ3v) is 17.3. The number of carbonyl (C=O) groups excluding carboxylic acids is 3. The molecule has 0 radical (unpaired) electrons. The number of hydrogen-bond donors (Lipinski definition) is 7. The van der Waals surface area contributed by atoms with Gasteiger partial charge in [0.05, 0.1) is 18.8 Å². The fraction of sp³-hybridized carbons (Fsp3) is 0.508. The number of hydrogen-bond acceptors (Lipinski definition) is 13. The Morgan fingerprint density at radius 2 is 1.59 bits per heavy atom. The zero-order chi connectivity index (χ0) is 56.8. The lowest BCUT2D eigenvalue weighted by molar-refractivity contribution is -0.228. The number of allylic oxidation sites excluding steroid dienone is 4. The predicted octanol–water partition coefficient (Wildman–Crippen LogP) is 10.8. The first-order chi connectivity index (χ1) is 37.2. The third-order valence-electron chi connectivity index (χ3n) is 16.6. The van der Waals surface area contributed by atoms with Crippen molar-refractivity contribution in [1.82, 2.24) is 5.32 Å². The molecule has 17 heteroatoms. The molecule has 0 amide bonds. The number of esters is 1. The fourth-order valence-electron chi connectivity index (χ4n) is 12.4. The summed E-state index contributed by atoms with van der Waals surface area (Å²) in [6, 6.07) is 24.6. The molecule has 0 bridgehead atoms. The van der Waals surface area contributed by atoms with E-state index < -0.39 is 87.1 Å². The summed E-state index contributed by atoms with van der Waals surface area (Å²) < 4.78 is 57.6. The molecule has 4 aliphatic carbocycles. The Hall–Kier alpha value is -5.56. The minimum absolute atomic E-state index is 0.0141. The number of carbonyl (C=O) groups is 4. The number of rotatable bonds is 21. The van der Waals surface area contributed by atoms with Crippen LogP contribution >= 0.6 is 11.8 Å². The van der Waals surface area contributed by atoms with E-state index in [9.17, 15) is 49.1 Å². The second-order valence-corrected chi connectivity index (χ2v) is 22.2. The van der Waals surface area contributed by atoms with E-state index in [1.807, 2.05) is 12.1 Å². The first-order valence-electron chi connectivity index (χ1n) is 27.0. The Balaban J connectivity index is 0.000000204. The highest BCUT2D eigenvalue weighted by molar-refractivity contribution is 8.13. The Kier molecular flexibility index (Phi) is 21.8. The number of aromatic carboxylic acids is 1. The van der Waals surface area contributed by atoms with Gasteiger partial charge >= 0.3 is 11.9 Å². The smallest absolute Gasteiger partial charge is 0.339 e. The molecule has 0 aromatic heterocycles. The largest absolute Gasteiger partial charge is 0.508 e. The van der Waals surface area contributed by atoms with E-state index in [1.54, 1.807) is 51.1 Å². The zero-order valence-electron chi connectivity index (χ0n) is 45.0. The van der Waals surface area contributed by atoms with Crippen LogP contribution in [0.1, 0.15) is 125 Å². The molecular weight excluding hydrogens is 1030 g/mol. The number of halogens is 3. The van der Waals surface area contributed by atoms with Gasteiger partial charge in [0, 0.05) is 59.8 Å². The van der Waals surface area contributed by atoms with E-state index in [1.165, 1.54) is 43.2 Å². The first-order valence-corrected chi connectivity index (χ1v) is 28.0. The summed E-state index contributed by atoms with van der Waals surface area (Å²) in [6.45, 7) is 9.22. The summed E-state index contributed by atoms with van der Waals surface area (Å²) in [6.07, 6.45) is 7.40. The van der Waals surface area contributed by atoms with Gasteiger partial charge in [-0.15, -0.1) is 0 Å². The van der Waals surface area contributed by atoms with E-state index in [2.05, 4.69) is 35.6 Å². The Morgan fingerprint density at radius 3 is 2.28 bits per heavy atom. The molecule has 10 atom stereocenters. The summed E-state index contributed by atoms with van der Waals surface area (Å²) in [5.74, 6) is -4.53. The normalized spacial score (nSPS) is 27.2. The van der Waals surface area contributed by atoms with Crippen molar-refractivity contribution in [3.63, 3.8) is 0 Å². The summed E-state index contributed by atoms with van der Waals surface area (Å²) in [7, 11) is 0. The number of aliphatic hydroxyl groups is 3. The quantitative estimate of drug-likeness (QED) is 0.0305. The molecule has 424 valence electrons. The maximum absolute atomic E-state index is 17.2. The molecule has 4 aromatic carbocycles. The van der Waals surface area contributed by atoms with Crippen molar-refractivity contribution in [3.05, 3.63) is 131 Å². The number of thioether (sulfide) groups is 1. The number of aromatic hydroxyl groups is 2. The third kappa shape index (κ3) is 13.2. The molecule has 3 saturated carbocycles. The molecule has 4 aliphatic rings. The fourth-order valence-corrected chi connectivity index (χ4v) is 13.2. The standard InChI is InChI=1S/C25H31F3O5S.C25H37NO4.C11H8O3/c1-5-20(31)33-25(21(32)34-12-26)13(2)8-15-16-10-18(27)17-9-14(29)6-7-22(17,3)24(16,28)19(30)11-23(15,25)4;27-20-23-18-22(13-14-24(23)28)25(29)19-26-15-7-1-2-8-16-30-17-9-6-12-21-10-4-3-5-11-21;12-10-8-4-2-1-3-7(8)5-6-9(10)11(13)14/h6-7,9,13,15-16,18-19,30H,5,8,10-12H2,1-4H3;3-5,10-11,13-14,18,25-29H,1-2,6-9,12,15-17,19-20H2;1-6,12H,(H,13,14)/t13-,15+,16+,18+,19+,22+,23+,24+,25+;;/m1../s1. The molecule has 78 heavy (non-hydrogen) atoms. The van der Waals surface area contributed by atoms with Crippen LogP contribution in [0.15, 0.2) is 109 Å². The molecule has 0 spiro atoms. The monoisotopic (exact) mass is 1100 g/mol. The van der Waals surface area contributed by atoms with E-state index in [0.29, 0.717) is 34.8 Å². The maximum atomic E-state index is 17.2. The highest BCUT2D eigenvalue weighted by Crippen LogP contribution is 2.72. The minimum atomic E-state index is -2.30. The lowest BCUT2D eigenvalue weighted by atomic mass is 9.44. The molecule has 1 unspecified atom stereocenters. The summed E-state index contributed by atoms with van der Waals surface area (Å²) >= 11 is 0.396. The number of alkyl halides is 3. The second kappa shape index (κ2) is 27.5. The zero-order valence-corrected chi connectivity index (χ0v) is 45.8. The maximum Gasteiger partial charge on any atom is 0.339 e. The molecule has 0 heterocycles. The van der Waals surface area contributed by atoms with Gasteiger partial charge in [-0.2, -0.15) is 0 Å². The summed E-state index contributed by atoms with van der Waals surface area (Å²) in [5, 5.41) is 62.8. The lowest BCUT2D eigenvalue weighted by Gasteiger charge is -2.63. The Morgan fingerprint density at radius 1 is 0.897 bits per heavy atom. The Labute approximate surface area is 459 Å². The van der Waals surface area contributed by atoms with Crippen LogP contribution in [0.25, 0.3) is 10.8 Å². The molecule has 3 fully saturated rings. The van der Waals surface area contributed by atoms with Crippen LogP contribution in [0.3, 0.4) is 0 Å². The molecule has 0 saturated heterocycles. The van der Waals surface area contributed by atoms with Crippen LogP contribution in [-0.4, -0.2) is 109 Å². The average molecular weight is 1100 g/mol. The van der Waals surface area contributed by atoms with Crippen molar-refractivity contribution < 1.29 is 72.5 Å². The van der Waals surface area contributed by atoms with Crippen molar-refractivity contribution in [2.75, 3.05) is 32.3 Å². The number of ketones is 1. The number of ether oxygens (including phenoxy) is 2. The molecule has 0 aliphatic heterocycles. The number of phenols is 2. The van der Waals surface area contributed by atoms with E-state index in [4.69, 9.17) is 14.6 Å². The van der Waals surface area contributed by atoms with Crippen molar-refractivity contribution >= 4 is 45.4 Å². The molecule has 7 N–H and O–H groups in total. The lowest BCUT2D eigenvalue weighted by Crippen LogP contribution is -2.70. The van der Waals surface area contributed by atoms with Crippen LogP contribution in [0.4, 0.5) is 13.2 Å². The topological polar surface area (TPSA) is 220 Å². The Bertz CT molecular complexity index is 2760. The number of aryl methyl sites for hydroxylation is 1. The van der Waals surface area contributed by atoms with Gasteiger partial charge < -0.3 is 45.4 Å². The van der Waals surface area contributed by atoms with Gasteiger partial charge in [-0.05, 0) is 135 Å². The van der Waals surface area contributed by atoms with Crippen molar-refractivity contribution in [3.8, 4) is 11.5 Å². The number of unbranched alkanes of at least 4 members (excludes halogenated alkanes) is 4. The van der Waals surface area contributed by atoms with Crippen molar-refractivity contribution in [2.24, 2.45) is 28.6 Å². The van der Waals surface area contributed by atoms with Gasteiger partial charge in [-0.25, -0.2) is 18.0 Å². The number of fused-ring (bicyclic) bond motifs is 6. The molecule has 8 rings (SSSR count). The van der Waals surface area contributed by atoms with Gasteiger partial charge in [0.2, 0.25) is 5.12 Å². The summed E-state index contributed by atoms with van der Waals surface area (Å²) in [5.41, 5.74) is -4.37. The van der Waals surface area contributed by atoms with Gasteiger partial charge in [0.1, 0.15) is 29.2 Å². The number of aliphatic hydroxyl groups excluding tert-OH is 3. The number of nitrogens with one attached hydrogen (secondary N) is 1. The van der Waals surface area contributed by atoms with Gasteiger partial charge in [0.15, 0.2) is 17.1 Å². The van der Waals surface area contributed by atoms with E-state index >= 15 is 8.78 Å². The van der Waals surface area contributed by atoms with Crippen molar-refractivity contribution in [1.29, 1.82) is 0 Å². The molecular formula is C61H76F3NO12S. The van der Waals surface area contributed by atoms with Crippen LogP contribution in [-0.2, 0) is 36.9 Å². The van der Waals surface area contributed by atoms with Crippen LogP contribution < -0.4 is 5.32 Å².